The first kappa shape index (κ1) is 22.8. The van der Waals surface area contributed by atoms with Crippen LogP contribution < -0.4 is 15.5 Å². The van der Waals surface area contributed by atoms with Crippen LogP contribution in [0.25, 0.3) is 22.0 Å². The summed E-state index contributed by atoms with van der Waals surface area (Å²) in [5.41, 5.74) is 4.70. The highest BCUT2D eigenvalue weighted by Crippen LogP contribution is 2.39. The molecule has 0 unspecified atom stereocenters. The van der Waals surface area contributed by atoms with Crippen molar-refractivity contribution in [2.24, 2.45) is 5.92 Å². The minimum Gasteiger partial charge on any atom is -0.506 e. The van der Waals surface area contributed by atoms with Gasteiger partial charge >= 0.3 is 0 Å². The predicted octanol–water partition coefficient (Wildman–Crippen LogP) is 5.40. The molecular weight excluding hydrogens is 474 g/mol. The first-order chi connectivity index (χ1) is 17.6. The fourth-order valence-corrected chi connectivity index (χ4v) is 4.81. The van der Waals surface area contributed by atoms with Gasteiger partial charge in [0.1, 0.15) is 11.6 Å². The number of piperazine rings is 1. The predicted molar refractivity (Wildman–Crippen MR) is 144 cm³/mol. The lowest BCUT2D eigenvalue weighted by atomic mass is 9.99. The van der Waals surface area contributed by atoms with Crippen molar-refractivity contribution in [3.63, 3.8) is 0 Å². The molecule has 0 radical (unpaired) electrons. The number of ketones is 1. The third-order valence-corrected chi connectivity index (χ3v) is 7.12. The number of phenols is 1. The number of rotatable bonds is 6. The molecule has 2 aromatic carbocycles. The Kier molecular flexibility index (Phi) is 5.95. The lowest BCUT2D eigenvalue weighted by molar-refractivity contribution is 0.0968. The van der Waals surface area contributed by atoms with E-state index in [1.165, 1.54) is 0 Å². The quantitative estimate of drug-likeness (QED) is 0.306. The number of Topliss-reactive ketones (excluding diaryl/α,β-unsaturated/α-hetero) is 1. The largest absolute Gasteiger partial charge is 0.506 e. The van der Waals surface area contributed by atoms with Crippen LogP contribution in [-0.2, 0) is 0 Å². The molecule has 2 aromatic heterocycles. The number of nitrogens with one attached hydrogen (secondary N) is 2. The summed E-state index contributed by atoms with van der Waals surface area (Å²) in [6.07, 6.45) is 5.34. The topological polar surface area (TPSA) is 90.4 Å². The van der Waals surface area contributed by atoms with Crippen molar-refractivity contribution in [3.05, 3.63) is 71.5 Å². The number of fused-ring (bicyclic) bond motifs is 1. The number of carbonyl (C=O) groups excluding carboxylic acids is 1. The van der Waals surface area contributed by atoms with Crippen molar-refractivity contribution in [3.8, 4) is 16.9 Å². The van der Waals surface area contributed by atoms with E-state index in [1.54, 1.807) is 18.3 Å². The molecule has 182 valence electrons. The van der Waals surface area contributed by atoms with E-state index in [1.807, 2.05) is 42.6 Å². The molecule has 7 nitrogen and oxygen atoms in total. The van der Waals surface area contributed by atoms with Crippen LogP contribution in [0.5, 0.6) is 5.75 Å². The van der Waals surface area contributed by atoms with Gasteiger partial charge in [-0.05, 0) is 60.4 Å². The molecule has 0 atom stereocenters. The Morgan fingerprint density at radius 1 is 1.00 bits per heavy atom. The second-order valence-corrected chi connectivity index (χ2v) is 9.76. The highest BCUT2D eigenvalue weighted by Gasteiger charge is 2.32. The van der Waals surface area contributed by atoms with Crippen molar-refractivity contribution >= 4 is 45.5 Å². The number of benzene rings is 2. The number of hydrogen-bond acceptors (Lipinski definition) is 7. The molecule has 8 heteroatoms. The smallest absolute Gasteiger partial charge is 0.169 e. The van der Waals surface area contributed by atoms with Crippen LogP contribution in [0, 0.1) is 5.92 Å². The highest BCUT2D eigenvalue weighted by atomic mass is 35.5. The fraction of sp³-hybridized carbons (Fsp3) is 0.250. The zero-order valence-electron chi connectivity index (χ0n) is 19.7. The summed E-state index contributed by atoms with van der Waals surface area (Å²) in [5.74, 6) is 1.18. The van der Waals surface area contributed by atoms with Gasteiger partial charge in [0, 0.05) is 43.7 Å². The average Bonchev–Trinajstić information content (AvgIpc) is 3.76. The van der Waals surface area contributed by atoms with E-state index in [2.05, 4.69) is 25.5 Å². The van der Waals surface area contributed by atoms with E-state index in [0.29, 0.717) is 5.56 Å². The average molecular weight is 500 g/mol. The van der Waals surface area contributed by atoms with Crippen LogP contribution in [-0.4, -0.2) is 47.0 Å². The van der Waals surface area contributed by atoms with Crippen molar-refractivity contribution in [2.45, 2.75) is 12.8 Å². The Balaban J connectivity index is 1.41. The summed E-state index contributed by atoms with van der Waals surface area (Å²) in [4.78, 5) is 24.8. The minimum atomic E-state index is 0.0410. The number of pyridine rings is 2. The maximum atomic E-state index is 13.2. The Morgan fingerprint density at radius 3 is 2.50 bits per heavy atom. The van der Waals surface area contributed by atoms with Crippen LogP contribution in [0.1, 0.15) is 23.2 Å². The Labute approximate surface area is 214 Å². The SMILES string of the molecule is O=C(c1cnc2ccc(-c3ccc(O)c(Cl)c3)cc2c1Nc1ccc(N2CCNCC2)nc1)C1CC1. The molecular formula is C28H26ClN5O2. The second-order valence-electron chi connectivity index (χ2n) is 9.35. The number of phenolic OH excluding ortho intramolecular Hbond substituents is 1. The van der Waals surface area contributed by atoms with Gasteiger partial charge in [-0.25, -0.2) is 4.98 Å². The van der Waals surface area contributed by atoms with Gasteiger partial charge < -0.3 is 20.6 Å². The van der Waals surface area contributed by atoms with E-state index in [9.17, 15) is 9.90 Å². The zero-order valence-corrected chi connectivity index (χ0v) is 20.4. The summed E-state index contributed by atoms with van der Waals surface area (Å²) >= 11 is 6.16. The normalized spacial score (nSPS) is 15.8. The van der Waals surface area contributed by atoms with Crippen LogP contribution in [0.4, 0.5) is 17.2 Å². The van der Waals surface area contributed by atoms with E-state index in [0.717, 1.165) is 78.2 Å². The first-order valence-corrected chi connectivity index (χ1v) is 12.6. The van der Waals surface area contributed by atoms with Crippen molar-refractivity contribution in [1.29, 1.82) is 0 Å². The molecule has 0 amide bonds. The van der Waals surface area contributed by atoms with Gasteiger partial charge in [0.25, 0.3) is 0 Å². The van der Waals surface area contributed by atoms with Gasteiger partial charge in [0.2, 0.25) is 0 Å². The van der Waals surface area contributed by atoms with Crippen LogP contribution >= 0.6 is 11.6 Å². The number of aromatic hydroxyl groups is 1. The number of anilines is 3. The monoisotopic (exact) mass is 499 g/mol. The molecule has 1 saturated heterocycles. The molecule has 2 aliphatic rings. The molecule has 6 rings (SSSR count). The molecule has 0 spiro atoms. The summed E-state index contributed by atoms with van der Waals surface area (Å²) in [7, 11) is 0. The number of aromatic nitrogens is 2. The molecule has 36 heavy (non-hydrogen) atoms. The number of carbonyl (C=O) groups is 1. The molecule has 1 aliphatic carbocycles. The first-order valence-electron chi connectivity index (χ1n) is 12.2. The minimum absolute atomic E-state index is 0.0410. The molecule has 0 bridgehead atoms. The van der Waals surface area contributed by atoms with Gasteiger partial charge in [-0.15, -0.1) is 0 Å². The molecule has 3 N–H and O–H groups in total. The molecule has 1 saturated carbocycles. The maximum absolute atomic E-state index is 13.2. The molecule has 2 fully saturated rings. The van der Waals surface area contributed by atoms with Crippen molar-refractivity contribution in [2.75, 3.05) is 36.4 Å². The summed E-state index contributed by atoms with van der Waals surface area (Å²) < 4.78 is 0. The zero-order chi connectivity index (χ0) is 24.6. The molecule has 4 aromatic rings. The lowest BCUT2D eigenvalue weighted by Gasteiger charge is -2.28. The summed E-state index contributed by atoms with van der Waals surface area (Å²) in [6.45, 7) is 3.76. The van der Waals surface area contributed by atoms with Gasteiger partial charge in [0.15, 0.2) is 5.78 Å². The van der Waals surface area contributed by atoms with Crippen LogP contribution in [0.3, 0.4) is 0 Å². The molecule has 3 heterocycles. The summed E-state index contributed by atoms with van der Waals surface area (Å²) in [5, 5.41) is 17.8. The Bertz CT molecular complexity index is 1450. The number of nitrogens with zero attached hydrogens (tertiary/aromatic N) is 3. The van der Waals surface area contributed by atoms with E-state index in [4.69, 9.17) is 11.6 Å². The Hall–Kier alpha value is -3.68. The second kappa shape index (κ2) is 9.41. The highest BCUT2D eigenvalue weighted by molar-refractivity contribution is 6.32. The van der Waals surface area contributed by atoms with E-state index >= 15 is 0 Å². The van der Waals surface area contributed by atoms with Crippen LogP contribution in [0.2, 0.25) is 5.02 Å². The maximum Gasteiger partial charge on any atom is 0.169 e. The van der Waals surface area contributed by atoms with E-state index < -0.39 is 0 Å². The van der Waals surface area contributed by atoms with Gasteiger partial charge in [-0.1, -0.05) is 23.7 Å². The third kappa shape index (κ3) is 4.47. The summed E-state index contributed by atoms with van der Waals surface area (Å²) in [6, 6.07) is 15.1. The number of halogens is 1. The van der Waals surface area contributed by atoms with E-state index in [-0.39, 0.29) is 22.5 Å². The number of hydrogen-bond donors (Lipinski definition) is 3. The van der Waals surface area contributed by atoms with Gasteiger partial charge in [-0.2, -0.15) is 0 Å². The van der Waals surface area contributed by atoms with Gasteiger partial charge in [0.05, 0.1) is 33.7 Å². The third-order valence-electron chi connectivity index (χ3n) is 6.82. The fourth-order valence-electron chi connectivity index (χ4n) is 4.63. The van der Waals surface area contributed by atoms with Crippen molar-refractivity contribution in [1.82, 2.24) is 15.3 Å². The standard InChI is InChI=1S/C28H26ClN5O2/c29-23-14-19(4-7-25(23)35)18-3-6-24-21(13-18)27(22(16-31-24)28(36)17-1-2-17)33-20-5-8-26(32-15-20)34-11-9-30-10-12-34/h3-8,13-17,30,35H,1-2,9-12H2,(H,31,33). The van der Waals surface area contributed by atoms with Crippen LogP contribution in [0.15, 0.2) is 60.9 Å². The molecule has 1 aliphatic heterocycles. The van der Waals surface area contributed by atoms with Gasteiger partial charge in [-0.3, -0.25) is 9.78 Å². The Morgan fingerprint density at radius 2 is 1.78 bits per heavy atom. The lowest BCUT2D eigenvalue weighted by Crippen LogP contribution is -2.43. The van der Waals surface area contributed by atoms with Crippen molar-refractivity contribution < 1.29 is 9.90 Å².